The van der Waals surface area contributed by atoms with Crippen molar-refractivity contribution >= 4 is 21.9 Å². The van der Waals surface area contributed by atoms with Crippen molar-refractivity contribution in [2.75, 3.05) is 26.8 Å². The Balaban J connectivity index is 1.62. The van der Waals surface area contributed by atoms with Gasteiger partial charge in [-0.25, -0.2) is 18.4 Å². The van der Waals surface area contributed by atoms with Crippen LogP contribution < -0.4 is 14.6 Å². The first-order chi connectivity index (χ1) is 17.4. The van der Waals surface area contributed by atoms with Crippen molar-refractivity contribution in [3.05, 3.63) is 53.1 Å². The number of benzene rings is 2. The number of rotatable bonds is 11. The highest BCUT2D eigenvalue weighted by Crippen LogP contribution is 2.34. The van der Waals surface area contributed by atoms with E-state index in [0.717, 1.165) is 11.3 Å². The minimum Gasteiger partial charge on any atom is -0.496 e. The van der Waals surface area contributed by atoms with Gasteiger partial charge in [-0.3, -0.25) is 4.79 Å². The topological polar surface area (TPSA) is 125 Å². The van der Waals surface area contributed by atoms with Crippen LogP contribution in [0.15, 0.2) is 41.3 Å². The van der Waals surface area contributed by atoms with Gasteiger partial charge in [-0.2, -0.15) is 0 Å². The monoisotopic (exact) mass is 532 g/mol. The highest BCUT2D eigenvalue weighted by atomic mass is 32.2. The van der Waals surface area contributed by atoms with Crippen molar-refractivity contribution in [2.45, 2.75) is 63.4 Å². The smallest absolute Gasteiger partial charge is 0.410 e. The van der Waals surface area contributed by atoms with E-state index in [4.69, 9.17) is 19.3 Å². The minimum absolute atomic E-state index is 0.154. The lowest BCUT2D eigenvalue weighted by molar-refractivity contribution is 0.0249. The summed E-state index contributed by atoms with van der Waals surface area (Å²) in [6.07, 6.45) is 2.01. The molecule has 0 aromatic heterocycles. The molecule has 0 bridgehead atoms. The maximum Gasteiger partial charge on any atom is 0.410 e. The van der Waals surface area contributed by atoms with Crippen LogP contribution in [-0.2, 0) is 27.6 Å². The predicted octanol–water partition coefficient (Wildman–Crippen LogP) is 4.11. The van der Waals surface area contributed by atoms with Crippen molar-refractivity contribution in [3.8, 4) is 11.5 Å². The van der Waals surface area contributed by atoms with Gasteiger partial charge in [0.05, 0.1) is 13.7 Å². The van der Waals surface area contributed by atoms with Crippen molar-refractivity contribution in [2.24, 2.45) is 5.14 Å². The van der Waals surface area contributed by atoms with Gasteiger partial charge in [-0.1, -0.05) is 18.2 Å². The SMILES string of the molecule is COc1ccccc1CCN(CCCCC(=O)c1cc2c(c(S(N)(=O)=O)c1)OCC2)C(=O)OC(C)(C)C. The number of amides is 1. The summed E-state index contributed by atoms with van der Waals surface area (Å²) in [6, 6.07) is 10.6. The second-order valence-corrected chi connectivity index (χ2v) is 11.5. The largest absolute Gasteiger partial charge is 0.496 e. The molecule has 2 aromatic rings. The number of primary sulfonamides is 1. The molecule has 37 heavy (non-hydrogen) atoms. The zero-order valence-corrected chi connectivity index (χ0v) is 22.7. The zero-order valence-electron chi connectivity index (χ0n) is 21.9. The Labute approximate surface area is 218 Å². The van der Waals surface area contributed by atoms with Gasteiger partial charge in [0.2, 0.25) is 10.0 Å². The van der Waals surface area contributed by atoms with E-state index < -0.39 is 21.7 Å². The van der Waals surface area contributed by atoms with Gasteiger partial charge in [0.15, 0.2) is 5.78 Å². The standard InChI is InChI=1S/C27H36N2O7S/c1-27(2,3)36-26(31)29(15-12-19-9-5-6-11-23(19)34-4)14-8-7-10-22(30)21-17-20-13-16-35-25(20)24(18-21)37(28,32)33/h5-6,9,11,17-18H,7-8,10,12-16H2,1-4H3,(H2,28,32,33). The van der Waals surface area contributed by atoms with E-state index in [-0.39, 0.29) is 22.8 Å². The van der Waals surface area contributed by atoms with Crippen molar-refractivity contribution < 1.29 is 32.2 Å². The molecule has 3 rings (SSSR count). The Bertz CT molecular complexity index is 1240. The Morgan fingerprint density at radius 3 is 2.51 bits per heavy atom. The second kappa shape index (κ2) is 12.0. The van der Waals surface area contributed by atoms with Crippen LogP contribution in [0.1, 0.15) is 61.5 Å². The Morgan fingerprint density at radius 1 is 1.11 bits per heavy atom. The molecule has 0 radical (unpaired) electrons. The van der Waals surface area contributed by atoms with Gasteiger partial charge in [0.25, 0.3) is 0 Å². The third kappa shape index (κ3) is 7.93. The zero-order chi connectivity index (χ0) is 27.2. The molecule has 2 aromatic carbocycles. The highest BCUT2D eigenvalue weighted by Gasteiger charge is 2.26. The third-order valence-electron chi connectivity index (χ3n) is 5.96. The fourth-order valence-electron chi connectivity index (χ4n) is 4.16. The number of sulfonamides is 1. The quantitative estimate of drug-likeness (QED) is 0.341. The number of carbonyl (C=O) groups excluding carboxylic acids is 2. The molecule has 0 aliphatic carbocycles. The van der Waals surface area contributed by atoms with Gasteiger partial charge in [-0.15, -0.1) is 0 Å². The highest BCUT2D eigenvalue weighted by molar-refractivity contribution is 7.89. The van der Waals surface area contributed by atoms with Gasteiger partial charge < -0.3 is 19.1 Å². The van der Waals surface area contributed by atoms with E-state index in [2.05, 4.69) is 0 Å². The molecule has 1 heterocycles. The summed E-state index contributed by atoms with van der Waals surface area (Å²) in [5.41, 5.74) is 1.32. The molecule has 9 nitrogen and oxygen atoms in total. The Kier molecular flexibility index (Phi) is 9.20. The number of ketones is 1. The number of nitrogens with zero attached hydrogens (tertiary/aromatic N) is 1. The number of Topliss-reactive ketones (excluding diaryl/α,β-unsaturated/α-hetero) is 1. The number of unbranched alkanes of at least 4 members (excludes halogenated alkanes) is 1. The van der Waals surface area contributed by atoms with Gasteiger partial charge in [0, 0.05) is 31.5 Å². The molecule has 0 saturated carbocycles. The summed E-state index contributed by atoms with van der Waals surface area (Å²) in [5, 5.41) is 5.34. The molecule has 2 N–H and O–H groups in total. The molecule has 1 aliphatic heterocycles. The second-order valence-electron chi connectivity index (χ2n) is 10.0. The molecular formula is C27H36N2O7S. The lowest BCUT2D eigenvalue weighted by Gasteiger charge is -2.27. The molecule has 0 fully saturated rings. The average Bonchev–Trinajstić information content (AvgIpc) is 3.29. The van der Waals surface area contributed by atoms with Crippen LogP contribution in [0, 0.1) is 0 Å². The number of ether oxygens (including phenoxy) is 3. The Hall–Kier alpha value is -3.11. The van der Waals surface area contributed by atoms with Crippen LogP contribution in [0.5, 0.6) is 11.5 Å². The van der Waals surface area contributed by atoms with Crippen LogP contribution in [0.4, 0.5) is 4.79 Å². The van der Waals surface area contributed by atoms with Gasteiger partial charge in [-0.05, 0) is 69.4 Å². The summed E-state index contributed by atoms with van der Waals surface area (Å²) in [5.74, 6) is 0.815. The Morgan fingerprint density at radius 2 is 1.84 bits per heavy atom. The molecule has 10 heteroatoms. The van der Waals surface area contributed by atoms with Crippen LogP contribution >= 0.6 is 0 Å². The van der Waals surface area contributed by atoms with Crippen LogP contribution in [0.25, 0.3) is 0 Å². The minimum atomic E-state index is -4.02. The number of carbonyl (C=O) groups is 2. The first-order valence-corrected chi connectivity index (χ1v) is 13.9. The van der Waals surface area contributed by atoms with Crippen LogP contribution in [0.3, 0.4) is 0 Å². The summed E-state index contributed by atoms with van der Waals surface area (Å²) in [4.78, 5) is 27.2. The predicted molar refractivity (Wildman–Crippen MR) is 140 cm³/mol. The summed E-state index contributed by atoms with van der Waals surface area (Å²) < 4.78 is 40.4. The summed E-state index contributed by atoms with van der Waals surface area (Å²) in [6.45, 7) is 6.66. The number of methoxy groups -OCH3 is 1. The third-order valence-corrected chi connectivity index (χ3v) is 6.87. The molecule has 0 unspecified atom stereocenters. The fourth-order valence-corrected chi connectivity index (χ4v) is 4.90. The van der Waals surface area contributed by atoms with Crippen molar-refractivity contribution in [1.29, 1.82) is 0 Å². The normalized spacial score (nSPS) is 13.0. The molecular weight excluding hydrogens is 496 g/mol. The van der Waals surface area contributed by atoms with E-state index in [0.29, 0.717) is 56.5 Å². The summed E-state index contributed by atoms with van der Waals surface area (Å²) in [7, 11) is -2.41. The lowest BCUT2D eigenvalue weighted by Crippen LogP contribution is -2.38. The number of fused-ring (bicyclic) bond motifs is 1. The van der Waals surface area contributed by atoms with E-state index in [1.54, 1.807) is 18.1 Å². The molecule has 1 amide bonds. The molecule has 0 spiro atoms. The van der Waals surface area contributed by atoms with E-state index in [9.17, 15) is 18.0 Å². The van der Waals surface area contributed by atoms with E-state index in [1.807, 2.05) is 45.0 Å². The number of nitrogens with two attached hydrogens (primary N) is 1. The molecule has 0 saturated heterocycles. The maximum atomic E-state index is 12.9. The molecule has 1 aliphatic rings. The van der Waals surface area contributed by atoms with Crippen LogP contribution in [0.2, 0.25) is 0 Å². The summed E-state index contributed by atoms with van der Waals surface area (Å²) >= 11 is 0. The molecule has 0 atom stereocenters. The average molecular weight is 533 g/mol. The first-order valence-electron chi connectivity index (χ1n) is 12.3. The number of para-hydroxylation sites is 1. The molecule has 202 valence electrons. The maximum absolute atomic E-state index is 12.9. The van der Waals surface area contributed by atoms with E-state index >= 15 is 0 Å². The van der Waals surface area contributed by atoms with Crippen molar-refractivity contribution in [3.63, 3.8) is 0 Å². The number of hydrogen-bond donors (Lipinski definition) is 1. The van der Waals surface area contributed by atoms with Gasteiger partial charge >= 0.3 is 6.09 Å². The van der Waals surface area contributed by atoms with Gasteiger partial charge in [0.1, 0.15) is 22.0 Å². The van der Waals surface area contributed by atoms with E-state index in [1.165, 1.54) is 6.07 Å². The van der Waals surface area contributed by atoms with Crippen LogP contribution in [-0.4, -0.2) is 57.6 Å². The van der Waals surface area contributed by atoms with Crippen molar-refractivity contribution in [1.82, 2.24) is 4.90 Å². The number of hydrogen-bond acceptors (Lipinski definition) is 7. The fraction of sp³-hybridized carbons (Fsp3) is 0.481. The lowest BCUT2D eigenvalue weighted by atomic mass is 10.0. The first kappa shape index (κ1) is 28.5.